The Balaban J connectivity index is 1.67. The Morgan fingerprint density at radius 1 is 0.949 bits per heavy atom. The van der Waals surface area contributed by atoms with Crippen LogP contribution in [0, 0.1) is 0 Å². The first-order valence-electron chi connectivity index (χ1n) is 12.5. The van der Waals surface area contributed by atoms with Crippen molar-refractivity contribution < 1.29 is 14.7 Å². The molecule has 2 aromatic heterocycles. The fourth-order valence-corrected chi connectivity index (χ4v) is 4.03. The zero-order chi connectivity index (χ0) is 27.6. The van der Waals surface area contributed by atoms with E-state index in [1.807, 2.05) is 47.0 Å². The molecule has 0 bridgehead atoms. The van der Waals surface area contributed by atoms with Gasteiger partial charge in [0.2, 0.25) is 5.43 Å². The number of aliphatic hydroxyl groups is 1. The van der Waals surface area contributed by atoms with Gasteiger partial charge >= 0.3 is 0 Å². The summed E-state index contributed by atoms with van der Waals surface area (Å²) >= 11 is 0. The van der Waals surface area contributed by atoms with E-state index in [1.165, 1.54) is 12.4 Å². The summed E-state index contributed by atoms with van der Waals surface area (Å²) in [5.41, 5.74) is 5.39. The first kappa shape index (κ1) is 27.4. The molecule has 0 radical (unpaired) electrons. The van der Waals surface area contributed by atoms with Crippen molar-refractivity contribution in [3.63, 3.8) is 0 Å². The summed E-state index contributed by atoms with van der Waals surface area (Å²) < 4.78 is 1.88. The van der Waals surface area contributed by atoms with E-state index >= 15 is 0 Å². The van der Waals surface area contributed by atoms with Crippen LogP contribution in [0.1, 0.15) is 38.8 Å². The van der Waals surface area contributed by atoms with Crippen LogP contribution in [-0.2, 0) is 6.54 Å². The van der Waals surface area contributed by atoms with Gasteiger partial charge in [0, 0.05) is 55.7 Å². The number of aliphatic hydroxyl groups excluding tert-OH is 1. The average molecular weight is 527 g/mol. The number of pyridine rings is 2. The minimum Gasteiger partial charge on any atom is -0.395 e. The maximum Gasteiger partial charge on any atom is 0.271 e. The Labute approximate surface area is 225 Å². The normalized spacial score (nSPS) is 11.4. The molecule has 4 rings (SSSR count). The molecule has 2 heterocycles. The molecule has 39 heavy (non-hydrogen) atoms. The van der Waals surface area contributed by atoms with E-state index in [0.717, 1.165) is 5.56 Å². The van der Waals surface area contributed by atoms with Gasteiger partial charge in [-0.15, -0.1) is 0 Å². The third kappa shape index (κ3) is 7.01. The Kier molecular flexibility index (Phi) is 9.28. The van der Waals surface area contributed by atoms with Crippen molar-refractivity contribution in [2.45, 2.75) is 13.5 Å². The van der Waals surface area contributed by atoms with Gasteiger partial charge in [-0.2, -0.15) is 5.10 Å². The smallest absolute Gasteiger partial charge is 0.271 e. The molecule has 10 nitrogen and oxygen atoms in total. The molecule has 0 saturated carbocycles. The molecule has 0 fully saturated rings. The third-order valence-electron chi connectivity index (χ3n) is 6.08. The number of amides is 2. The highest BCUT2D eigenvalue weighted by Gasteiger charge is 2.17. The van der Waals surface area contributed by atoms with Crippen LogP contribution in [0.2, 0.25) is 0 Å². The number of carbonyl (C=O) groups is 2. The molecular formula is C29H30N6O4. The second-order valence-corrected chi connectivity index (χ2v) is 8.82. The third-order valence-corrected chi connectivity index (χ3v) is 6.08. The number of nitrogens with one attached hydrogen (secondary N) is 3. The highest BCUT2D eigenvalue weighted by Crippen LogP contribution is 2.17. The number of rotatable bonds is 11. The van der Waals surface area contributed by atoms with Crippen LogP contribution in [0.25, 0.3) is 10.9 Å². The molecule has 2 aromatic carbocycles. The van der Waals surface area contributed by atoms with Crippen LogP contribution < -0.4 is 21.5 Å². The van der Waals surface area contributed by atoms with Crippen LogP contribution in [0.3, 0.4) is 0 Å². The summed E-state index contributed by atoms with van der Waals surface area (Å²) in [6, 6.07) is 18.3. The van der Waals surface area contributed by atoms with E-state index in [1.54, 1.807) is 31.3 Å². The lowest BCUT2D eigenvalue weighted by atomic mass is 10.0. The van der Waals surface area contributed by atoms with Gasteiger partial charge in [0.25, 0.3) is 11.8 Å². The summed E-state index contributed by atoms with van der Waals surface area (Å²) in [6.07, 6.45) is 4.63. The van der Waals surface area contributed by atoms with Crippen molar-refractivity contribution in [1.29, 1.82) is 0 Å². The van der Waals surface area contributed by atoms with Crippen molar-refractivity contribution in [3.8, 4) is 0 Å². The maximum absolute atomic E-state index is 13.5. The molecule has 200 valence electrons. The predicted octanol–water partition coefficient (Wildman–Crippen LogP) is 1.91. The Hall–Kier alpha value is -4.67. The van der Waals surface area contributed by atoms with Crippen LogP contribution in [0.15, 0.2) is 89.2 Å². The molecule has 0 atom stereocenters. The lowest BCUT2D eigenvalue weighted by Crippen LogP contribution is -2.35. The number of hydrogen-bond acceptors (Lipinski definition) is 7. The van der Waals surface area contributed by atoms with Crippen LogP contribution in [0.4, 0.5) is 0 Å². The summed E-state index contributed by atoms with van der Waals surface area (Å²) in [4.78, 5) is 42.8. The summed E-state index contributed by atoms with van der Waals surface area (Å²) in [5.74, 6) is -0.856. The van der Waals surface area contributed by atoms with Gasteiger partial charge in [-0.25, -0.2) is 5.43 Å². The number of aromatic nitrogens is 2. The van der Waals surface area contributed by atoms with Gasteiger partial charge in [0.05, 0.1) is 17.8 Å². The van der Waals surface area contributed by atoms with Crippen LogP contribution >= 0.6 is 0 Å². The van der Waals surface area contributed by atoms with Gasteiger partial charge < -0.3 is 20.3 Å². The van der Waals surface area contributed by atoms with Crippen molar-refractivity contribution in [3.05, 3.63) is 112 Å². The molecule has 0 unspecified atom stereocenters. The fraction of sp³-hybridized carbons (Fsp3) is 0.207. The average Bonchev–Trinajstić information content (AvgIpc) is 2.97. The topological polar surface area (TPSA) is 138 Å². The van der Waals surface area contributed by atoms with Crippen molar-refractivity contribution in [1.82, 2.24) is 25.6 Å². The van der Waals surface area contributed by atoms with Crippen LogP contribution in [0.5, 0.6) is 0 Å². The van der Waals surface area contributed by atoms with E-state index in [2.05, 4.69) is 26.1 Å². The minimum absolute atomic E-state index is 0.00127. The van der Waals surface area contributed by atoms with Crippen molar-refractivity contribution in [2.24, 2.45) is 5.10 Å². The Morgan fingerprint density at radius 2 is 1.72 bits per heavy atom. The van der Waals surface area contributed by atoms with E-state index in [9.17, 15) is 14.4 Å². The van der Waals surface area contributed by atoms with E-state index < -0.39 is 11.3 Å². The molecular weight excluding hydrogens is 496 g/mol. The monoisotopic (exact) mass is 526 g/mol. The van der Waals surface area contributed by atoms with Crippen molar-refractivity contribution >= 4 is 28.4 Å². The Morgan fingerprint density at radius 3 is 2.46 bits per heavy atom. The number of hydrogen-bond donors (Lipinski definition) is 4. The SMILES string of the molecule is C/C(=N\NC(=O)c1ccncc1)c1ccc2c(c1)c(=O)c(C(=O)NCCNCCO)cn2Cc1ccccc1. The molecule has 0 aliphatic carbocycles. The Bertz CT molecular complexity index is 1530. The van der Waals surface area contributed by atoms with Gasteiger partial charge in [-0.05, 0) is 42.3 Å². The largest absolute Gasteiger partial charge is 0.395 e. The van der Waals surface area contributed by atoms with Crippen molar-refractivity contribution in [2.75, 3.05) is 26.2 Å². The standard InChI is InChI=1S/C29H30N6O4/c1-20(33-34-28(38)22-9-11-30-12-10-22)23-7-8-26-24(17-23)27(37)25(29(39)32-14-13-31-15-16-36)19-35(26)18-21-5-3-2-4-6-21/h2-12,17,19,31,36H,13-16,18H2,1H3,(H,32,39)(H,34,38)/b33-20+. The molecule has 10 heteroatoms. The highest BCUT2D eigenvalue weighted by molar-refractivity contribution is 6.04. The van der Waals surface area contributed by atoms with Gasteiger partial charge in [0.1, 0.15) is 5.56 Å². The first-order valence-corrected chi connectivity index (χ1v) is 12.5. The minimum atomic E-state index is -0.477. The van der Waals surface area contributed by atoms with Gasteiger partial charge in [-0.1, -0.05) is 36.4 Å². The zero-order valence-electron chi connectivity index (χ0n) is 21.6. The fourth-order valence-electron chi connectivity index (χ4n) is 4.03. The number of hydrazone groups is 1. The molecule has 4 aromatic rings. The van der Waals surface area contributed by atoms with Crippen LogP contribution in [-0.4, -0.2) is 58.4 Å². The lowest BCUT2D eigenvalue weighted by molar-refractivity contribution is 0.0945. The molecule has 4 N–H and O–H groups in total. The molecule has 0 saturated heterocycles. The van der Waals surface area contributed by atoms with E-state index in [-0.39, 0.29) is 18.1 Å². The highest BCUT2D eigenvalue weighted by atomic mass is 16.3. The number of carbonyl (C=O) groups excluding carboxylic acids is 2. The number of nitrogens with zero attached hydrogens (tertiary/aromatic N) is 3. The molecule has 0 spiro atoms. The van der Waals surface area contributed by atoms with E-state index in [4.69, 9.17) is 5.11 Å². The van der Waals surface area contributed by atoms with Gasteiger partial charge in [-0.3, -0.25) is 19.4 Å². The predicted molar refractivity (Wildman–Crippen MR) is 150 cm³/mol. The quantitative estimate of drug-likeness (QED) is 0.134. The number of fused-ring (bicyclic) bond motifs is 1. The molecule has 2 amide bonds. The summed E-state index contributed by atoms with van der Waals surface area (Å²) in [7, 11) is 0. The molecule has 0 aliphatic heterocycles. The summed E-state index contributed by atoms with van der Waals surface area (Å²) in [6.45, 7) is 3.38. The van der Waals surface area contributed by atoms with E-state index in [0.29, 0.717) is 53.9 Å². The maximum atomic E-state index is 13.5. The first-order chi connectivity index (χ1) is 19.0. The summed E-state index contributed by atoms with van der Waals surface area (Å²) in [5, 5.41) is 19.2. The molecule has 0 aliphatic rings. The lowest BCUT2D eigenvalue weighted by Gasteiger charge is -2.15. The van der Waals surface area contributed by atoms with Gasteiger partial charge in [0.15, 0.2) is 0 Å². The second-order valence-electron chi connectivity index (χ2n) is 8.82. The second kappa shape index (κ2) is 13.2. The zero-order valence-corrected chi connectivity index (χ0v) is 21.6. The number of benzene rings is 2.